The second-order valence-electron chi connectivity index (χ2n) is 7.23. The number of likely N-dealkylation sites (tertiary alicyclic amines) is 1. The number of carbonyl (C=O) groups excluding carboxylic acids is 1. The van der Waals surface area contributed by atoms with Crippen LogP contribution in [0.5, 0.6) is 0 Å². The molecular formula is C18H24ClN3O2. The summed E-state index contributed by atoms with van der Waals surface area (Å²) in [5.74, 6) is 1.28. The van der Waals surface area contributed by atoms with Gasteiger partial charge in [-0.3, -0.25) is 4.79 Å². The van der Waals surface area contributed by atoms with E-state index >= 15 is 0 Å². The third-order valence-electron chi connectivity index (χ3n) is 5.79. The van der Waals surface area contributed by atoms with Crippen molar-refractivity contribution >= 4 is 23.3 Å². The van der Waals surface area contributed by atoms with E-state index in [4.69, 9.17) is 16.3 Å². The number of anilines is 1. The Morgan fingerprint density at radius 2 is 2.04 bits per heavy atom. The zero-order valence-electron chi connectivity index (χ0n) is 13.9. The van der Waals surface area contributed by atoms with Crippen LogP contribution < -0.4 is 4.90 Å². The Hall–Kier alpha value is -1.33. The molecule has 130 valence electrons. The molecule has 3 aliphatic rings. The summed E-state index contributed by atoms with van der Waals surface area (Å²) in [5.41, 5.74) is -0.224. The number of carbonyl (C=O) groups is 1. The lowest BCUT2D eigenvalue weighted by atomic mass is 9.77. The van der Waals surface area contributed by atoms with Crippen LogP contribution in [0, 0.1) is 5.41 Å². The molecule has 3 fully saturated rings. The van der Waals surface area contributed by atoms with E-state index < -0.39 is 0 Å². The lowest BCUT2D eigenvalue weighted by Gasteiger charge is -2.44. The smallest absolute Gasteiger partial charge is 0.230 e. The standard InChI is InChI=1S/C18H24ClN3O2/c19-14-2-3-16(20-12-14)21-9-7-18(13-21)6-1-8-22(17(18)23)15-4-10-24-11-5-15/h2-3,12,15H,1,4-11,13H2. The summed E-state index contributed by atoms with van der Waals surface area (Å²) >= 11 is 5.94. The van der Waals surface area contributed by atoms with Crippen LogP contribution in [0.4, 0.5) is 5.82 Å². The number of halogens is 1. The molecule has 0 aromatic carbocycles. The fourth-order valence-corrected chi connectivity index (χ4v) is 4.56. The third-order valence-corrected chi connectivity index (χ3v) is 6.01. The fourth-order valence-electron chi connectivity index (χ4n) is 4.45. The summed E-state index contributed by atoms with van der Waals surface area (Å²) in [6.07, 6.45) is 6.66. The topological polar surface area (TPSA) is 45.7 Å². The highest BCUT2D eigenvalue weighted by molar-refractivity contribution is 6.30. The molecule has 24 heavy (non-hydrogen) atoms. The molecule has 1 aromatic heterocycles. The number of nitrogens with zero attached hydrogens (tertiary/aromatic N) is 3. The first-order valence-corrected chi connectivity index (χ1v) is 9.31. The van der Waals surface area contributed by atoms with Gasteiger partial charge in [-0.1, -0.05) is 11.6 Å². The second-order valence-corrected chi connectivity index (χ2v) is 7.67. The Bertz CT molecular complexity index is 603. The summed E-state index contributed by atoms with van der Waals surface area (Å²) in [4.78, 5) is 22.1. The van der Waals surface area contributed by atoms with Gasteiger partial charge in [-0.25, -0.2) is 4.98 Å². The molecule has 0 saturated carbocycles. The van der Waals surface area contributed by atoms with Crippen LogP contribution >= 0.6 is 11.6 Å². The van der Waals surface area contributed by atoms with Gasteiger partial charge in [0.25, 0.3) is 0 Å². The number of pyridine rings is 1. The molecule has 1 amide bonds. The van der Waals surface area contributed by atoms with Gasteiger partial charge in [-0.2, -0.15) is 0 Å². The molecule has 1 spiro atoms. The number of aromatic nitrogens is 1. The van der Waals surface area contributed by atoms with E-state index in [1.807, 2.05) is 12.1 Å². The van der Waals surface area contributed by atoms with E-state index in [0.29, 0.717) is 17.0 Å². The summed E-state index contributed by atoms with van der Waals surface area (Å²) in [6, 6.07) is 4.18. The van der Waals surface area contributed by atoms with Crippen molar-refractivity contribution in [1.29, 1.82) is 0 Å². The highest BCUT2D eigenvalue weighted by Gasteiger charge is 2.49. The number of rotatable bonds is 2. The van der Waals surface area contributed by atoms with Gasteiger partial charge < -0.3 is 14.5 Å². The first-order valence-electron chi connectivity index (χ1n) is 8.93. The van der Waals surface area contributed by atoms with E-state index in [2.05, 4.69) is 14.8 Å². The molecule has 1 aromatic rings. The summed E-state index contributed by atoms with van der Waals surface area (Å²) in [7, 11) is 0. The van der Waals surface area contributed by atoms with Crippen LogP contribution in [0.15, 0.2) is 18.3 Å². The van der Waals surface area contributed by atoms with Gasteiger partial charge in [0.2, 0.25) is 5.91 Å². The van der Waals surface area contributed by atoms with E-state index in [9.17, 15) is 4.79 Å². The lowest BCUT2D eigenvalue weighted by molar-refractivity contribution is -0.149. The maximum absolute atomic E-state index is 13.3. The lowest BCUT2D eigenvalue weighted by Crippen LogP contribution is -2.54. The molecule has 0 radical (unpaired) electrons. The molecule has 3 saturated heterocycles. The quantitative estimate of drug-likeness (QED) is 0.823. The molecule has 0 aliphatic carbocycles. The van der Waals surface area contributed by atoms with Crippen LogP contribution in [0.3, 0.4) is 0 Å². The van der Waals surface area contributed by atoms with Gasteiger partial charge in [0.15, 0.2) is 0 Å². The zero-order chi connectivity index (χ0) is 16.6. The van der Waals surface area contributed by atoms with Gasteiger partial charge in [-0.05, 0) is 44.2 Å². The average molecular weight is 350 g/mol. The Balaban J connectivity index is 1.50. The molecule has 1 atom stereocenters. The first kappa shape index (κ1) is 16.2. The van der Waals surface area contributed by atoms with Gasteiger partial charge >= 0.3 is 0 Å². The van der Waals surface area contributed by atoms with Crippen molar-refractivity contribution in [2.24, 2.45) is 5.41 Å². The Morgan fingerprint density at radius 3 is 2.79 bits per heavy atom. The first-order chi connectivity index (χ1) is 11.7. The summed E-state index contributed by atoms with van der Waals surface area (Å²) < 4.78 is 5.46. The van der Waals surface area contributed by atoms with E-state index in [1.54, 1.807) is 6.20 Å². The van der Waals surface area contributed by atoms with Crippen molar-refractivity contribution in [3.05, 3.63) is 23.4 Å². The van der Waals surface area contributed by atoms with Gasteiger partial charge in [0, 0.05) is 45.1 Å². The fraction of sp³-hybridized carbons (Fsp3) is 0.667. The van der Waals surface area contributed by atoms with Gasteiger partial charge in [-0.15, -0.1) is 0 Å². The highest BCUT2D eigenvalue weighted by Crippen LogP contribution is 2.42. The highest BCUT2D eigenvalue weighted by atomic mass is 35.5. The minimum atomic E-state index is -0.224. The minimum absolute atomic E-state index is 0.224. The predicted molar refractivity (Wildman–Crippen MR) is 93.3 cm³/mol. The maximum atomic E-state index is 13.3. The molecule has 4 heterocycles. The Morgan fingerprint density at radius 1 is 1.21 bits per heavy atom. The number of piperidine rings is 1. The summed E-state index contributed by atoms with van der Waals surface area (Å²) in [6.45, 7) is 4.14. The van der Waals surface area contributed by atoms with E-state index in [-0.39, 0.29) is 5.41 Å². The van der Waals surface area contributed by atoms with Gasteiger partial charge in [0.05, 0.1) is 10.4 Å². The Labute approximate surface area is 147 Å². The van der Waals surface area contributed by atoms with Crippen molar-refractivity contribution in [3.8, 4) is 0 Å². The minimum Gasteiger partial charge on any atom is -0.381 e. The molecule has 3 aliphatic heterocycles. The molecular weight excluding hydrogens is 326 g/mol. The van der Waals surface area contributed by atoms with Crippen molar-refractivity contribution in [2.75, 3.05) is 37.7 Å². The Kier molecular flexibility index (Phi) is 4.39. The molecule has 5 nitrogen and oxygen atoms in total. The largest absolute Gasteiger partial charge is 0.381 e. The molecule has 0 N–H and O–H groups in total. The van der Waals surface area contributed by atoms with Gasteiger partial charge in [0.1, 0.15) is 5.82 Å². The van der Waals surface area contributed by atoms with Crippen molar-refractivity contribution in [2.45, 2.75) is 38.1 Å². The number of hydrogen-bond acceptors (Lipinski definition) is 4. The number of hydrogen-bond donors (Lipinski definition) is 0. The maximum Gasteiger partial charge on any atom is 0.230 e. The van der Waals surface area contributed by atoms with Crippen molar-refractivity contribution < 1.29 is 9.53 Å². The molecule has 1 unspecified atom stereocenters. The predicted octanol–water partition coefficient (Wildman–Crippen LogP) is 2.73. The normalized spacial score (nSPS) is 28.8. The summed E-state index contributed by atoms with van der Waals surface area (Å²) in [5, 5.41) is 0.645. The molecule has 0 bridgehead atoms. The molecule has 6 heteroatoms. The van der Waals surface area contributed by atoms with Crippen LogP contribution in [-0.4, -0.2) is 54.7 Å². The van der Waals surface area contributed by atoms with Crippen LogP contribution in [-0.2, 0) is 9.53 Å². The SMILES string of the molecule is O=C1N(C2CCOCC2)CCCC12CCN(c1ccc(Cl)cn1)C2. The van der Waals surface area contributed by atoms with Crippen LogP contribution in [0.1, 0.15) is 32.1 Å². The molecule has 4 rings (SSSR count). The number of amides is 1. The second kappa shape index (κ2) is 6.52. The van der Waals surface area contributed by atoms with Crippen molar-refractivity contribution in [1.82, 2.24) is 9.88 Å². The zero-order valence-corrected chi connectivity index (χ0v) is 14.7. The van der Waals surface area contributed by atoms with E-state index in [0.717, 1.165) is 70.8 Å². The van der Waals surface area contributed by atoms with Crippen LogP contribution in [0.25, 0.3) is 0 Å². The van der Waals surface area contributed by atoms with Crippen LogP contribution in [0.2, 0.25) is 5.02 Å². The monoisotopic (exact) mass is 349 g/mol. The van der Waals surface area contributed by atoms with E-state index in [1.165, 1.54) is 0 Å². The van der Waals surface area contributed by atoms with Crippen molar-refractivity contribution in [3.63, 3.8) is 0 Å². The third kappa shape index (κ3) is 2.88. The number of ether oxygens (including phenoxy) is 1. The average Bonchev–Trinajstić information content (AvgIpc) is 3.04.